The number of rotatable bonds is 1. The monoisotopic (exact) mass is 185 g/mol. The number of aromatic nitrogens is 1. The Kier molecular flexibility index (Phi) is 2.58. The number of nitrogens with zero attached hydrogens (tertiary/aromatic N) is 1. The van der Waals surface area contributed by atoms with Gasteiger partial charge in [-0.25, -0.2) is 0 Å². The second kappa shape index (κ2) is 3.31. The highest BCUT2D eigenvalue weighted by Crippen LogP contribution is 2.15. The minimum absolute atomic E-state index is 0.138. The summed E-state index contributed by atoms with van der Waals surface area (Å²) in [5.41, 5.74) is 0.947. The minimum Gasteiger partial charge on any atom is -0.317 e. The molecular formula is C9H12ClNO. The van der Waals surface area contributed by atoms with Crippen LogP contribution in [0.3, 0.4) is 0 Å². The molecule has 0 saturated heterocycles. The Balaban J connectivity index is 3.31. The highest BCUT2D eigenvalue weighted by molar-refractivity contribution is 6.30. The van der Waals surface area contributed by atoms with Crippen LogP contribution in [0.1, 0.15) is 25.3 Å². The molecule has 0 unspecified atom stereocenters. The van der Waals surface area contributed by atoms with Crippen molar-refractivity contribution >= 4 is 11.6 Å². The third kappa shape index (κ3) is 1.69. The molecule has 0 aliphatic carbocycles. The van der Waals surface area contributed by atoms with E-state index in [2.05, 4.69) is 13.8 Å². The summed E-state index contributed by atoms with van der Waals surface area (Å²) in [4.78, 5) is 11.2. The van der Waals surface area contributed by atoms with Crippen LogP contribution in [-0.2, 0) is 7.05 Å². The average Bonchev–Trinajstić information content (AvgIpc) is 1.99. The van der Waals surface area contributed by atoms with E-state index in [1.54, 1.807) is 13.1 Å². The van der Waals surface area contributed by atoms with E-state index in [1.807, 2.05) is 6.20 Å². The number of halogens is 1. The van der Waals surface area contributed by atoms with Crippen molar-refractivity contribution in [1.82, 2.24) is 4.57 Å². The van der Waals surface area contributed by atoms with Crippen LogP contribution in [0.15, 0.2) is 17.1 Å². The molecule has 0 bridgehead atoms. The summed E-state index contributed by atoms with van der Waals surface area (Å²) in [6.07, 6.45) is 1.82. The van der Waals surface area contributed by atoms with Crippen molar-refractivity contribution in [2.75, 3.05) is 0 Å². The van der Waals surface area contributed by atoms with E-state index in [-0.39, 0.29) is 5.56 Å². The molecule has 0 N–H and O–H groups in total. The first-order valence-corrected chi connectivity index (χ1v) is 4.26. The molecule has 12 heavy (non-hydrogen) atoms. The Bertz CT molecular complexity index is 315. The zero-order valence-corrected chi connectivity index (χ0v) is 8.22. The lowest BCUT2D eigenvalue weighted by Gasteiger charge is -2.07. The van der Waals surface area contributed by atoms with Crippen molar-refractivity contribution in [3.05, 3.63) is 33.2 Å². The van der Waals surface area contributed by atoms with Crippen molar-refractivity contribution in [2.24, 2.45) is 7.05 Å². The number of pyridine rings is 1. The zero-order chi connectivity index (χ0) is 9.30. The molecule has 0 spiro atoms. The fourth-order valence-electron chi connectivity index (χ4n) is 1.01. The summed E-state index contributed by atoms with van der Waals surface area (Å²) in [6, 6.07) is 1.73. The van der Waals surface area contributed by atoms with Gasteiger partial charge in [-0.2, -0.15) is 0 Å². The SMILES string of the molecule is CC(C)c1cc(Cl)c(=O)n(C)c1. The fourth-order valence-corrected chi connectivity index (χ4v) is 1.27. The predicted octanol–water partition coefficient (Wildman–Crippen LogP) is 2.16. The number of hydrogen-bond donors (Lipinski definition) is 0. The lowest BCUT2D eigenvalue weighted by atomic mass is 10.1. The average molecular weight is 186 g/mol. The van der Waals surface area contributed by atoms with Crippen LogP contribution < -0.4 is 5.56 Å². The van der Waals surface area contributed by atoms with E-state index in [4.69, 9.17) is 11.6 Å². The van der Waals surface area contributed by atoms with Crippen LogP contribution in [-0.4, -0.2) is 4.57 Å². The van der Waals surface area contributed by atoms with Gasteiger partial charge in [-0.05, 0) is 17.5 Å². The normalized spacial score (nSPS) is 10.8. The van der Waals surface area contributed by atoms with Gasteiger partial charge in [0.05, 0.1) is 0 Å². The van der Waals surface area contributed by atoms with Gasteiger partial charge < -0.3 is 4.57 Å². The Labute approximate surface area is 76.8 Å². The molecule has 0 radical (unpaired) electrons. The Morgan fingerprint density at radius 2 is 2.08 bits per heavy atom. The molecule has 0 aromatic carbocycles. The molecule has 1 rings (SSSR count). The van der Waals surface area contributed by atoms with E-state index in [0.717, 1.165) is 5.56 Å². The van der Waals surface area contributed by atoms with E-state index < -0.39 is 0 Å². The first-order valence-electron chi connectivity index (χ1n) is 3.88. The third-order valence-electron chi connectivity index (χ3n) is 1.83. The van der Waals surface area contributed by atoms with Gasteiger partial charge in [0, 0.05) is 13.2 Å². The van der Waals surface area contributed by atoms with E-state index in [1.165, 1.54) is 4.57 Å². The molecule has 1 heterocycles. The van der Waals surface area contributed by atoms with Gasteiger partial charge in [-0.15, -0.1) is 0 Å². The summed E-state index contributed by atoms with van der Waals surface area (Å²) < 4.78 is 1.51. The third-order valence-corrected chi connectivity index (χ3v) is 2.10. The Morgan fingerprint density at radius 1 is 1.50 bits per heavy atom. The van der Waals surface area contributed by atoms with Crippen LogP contribution in [0.5, 0.6) is 0 Å². The first kappa shape index (κ1) is 9.33. The van der Waals surface area contributed by atoms with E-state index >= 15 is 0 Å². The smallest absolute Gasteiger partial charge is 0.269 e. The van der Waals surface area contributed by atoms with Gasteiger partial charge in [0.2, 0.25) is 0 Å². The van der Waals surface area contributed by atoms with Crippen LogP contribution in [0.25, 0.3) is 0 Å². The lowest BCUT2D eigenvalue weighted by Crippen LogP contribution is -2.17. The molecule has 0 atom stereocenters. The van der Waals surface area contributed by atoms with Crippen LogP contribution in [0, 0.1) is 0 Å². The maximum absolute atomic E-state index is 11.2. The van der Waals surface area contributed by atoms with E-state index in [0.29, 0.717) is 10.9 Å². The van der Waals surface area contributed by atoms with Gasteiger partial charge in [0.15, 0.2) is 0 Å². The van der Waals surface area contributed by atoms with Crippen molar-refractivity contribution in [2.45, 2.75) is 19.8 Å². The van der Waals surface area contributed by atoms with Crippen molar-refractivity contribution in [3.63, 3.8) is 0 Å². The van der Waals surface area contributed by atoms with Gasteiger partial charge in [-0.1, -0.05) is 25.4 Å². The molecule has 0 aliphatic heterocycles. The summed E-state index contributed by atoms with van der Waals surface area (Å²) in [6.45, 7) is 4.13. The summed E-state index contributed by atoms with van der Waals surface area (Å²) in [5, 5.41) is 0.295. The van der Waals surface area contributed by atoms with Crippen molar-refractivity contribution in [3.8, 4) is 0 Å². The van der Waals surface area contributed by atoms with Gasteiger partial charge >= 0.3 is 0 Å². The molecule has 0 aliphatic rings. The van der Waals surface area contributed by atoms with Crippen LogP contribution in [0.4, 0.5) is 0 Å². The summed E-state index contributed by atoms with van der Waals surface area (Å²) >= 11 is 5.73. The molecule has 3 heteroatoms. The lowest BCUT2D eigenvalue weighted by molar-refractivity contribution is 0.795. The number of hydrogen-bond acceptors (Lipinski definition) is 1. The first-order chi connectivity index (χ1) is 5.52. The number of aryl methyl sites for hydroxylation is 1. The minimum atomic E-state index is -0.138. The fraction of sp³-hybridized carbons (Fsp3) is 0.444. The molecule has 66 valence electrons. The standard InChI is InChI=1S/C9H12ClNO/c1-6(2)7-4-8(10)9(12)11(3)5-7/h4-6H,1-3H3. The van der Waals surface area contributed by atoms with Gasteiger partial charge in [0.1, 0.15) is 5.02 Å². The Morgan fingerprint density at radius 3 is 2.50 bits per heavy atom. The largest absolute Gasteiger partial charge is 0.317 e. The molecule has 1 aromatic heterocycles. The highest BCUT2D eigenvalue weighted by atomic mass is 35.5. The maximum atomic E-state index is 11.2. The van der Waals surface area contributed by atoms with Gasteiger partial charge in [0.25, 0.3) is 5.56 Å². The highest BCUT2D eigenvalue weighted by Gasteiger charge is 2.04. The van der Waals surface area contributed by atoms with Crippen molar-refractivity contribution in [1.29, 1.82) is 0 Å². The van der Waals surface area contributed by atoms with Crippen LogP contribution in [0.2, 0.25) is 5.02 Å². The van der Waals surface area contributed by atoms with E-state index in [9.17, 15) is 4.79 Å². The predicted molar refractivity (Wildman–Crippen MR) is 50.8 cm³/mol. The second-order valence-corrected chi connectivity index (χ2v) is 3.60. The molecule has 2 nitrogen and oxygen atoms in total. The molecule has 1 aromatic rings. The topological polar surface area (TPSA) is 22.0 Å². The maximum Gasteiger partial charge on any atom is 0.269 e. The molecular weight excluding hydrogens is 174 g/mol. The summed E-state index contributed by atoms with van der Waals surface area (Å²) in [7, 11) is 1.71. The summed E-state index contributed by atoms with van der Waals surface area (Å²) in [5.74, 6) is 0.397. The Hall–Kier alpha value is -0.760. The molecule has 0 saturated carbocycles. The van der Waals surface area contributed by atoms with Gasteiger partial charge in [-0.3, -0.25) is 4.79 Å². The quantitative estimate of drug-likeness (QED) is 0.657. The molecule has 0 amide bonds. The van der Waals surface area contributed by atoms with Crippen molar-refractivity contribution < 1.29 is 0 Å². The van der Waals surface area contributed by atoms with Crippen LogP contribution >= 0.6 is 11.6 Å². The molecule has 0 fully saturated rings. The second-order valence-electron chi connectivity index (χ2n) is 3.19. The zero-order valence-electron chi connectivity index (χ0n) is 7.47.